The minimum absolute atomic E-state index is 0.0369. The summed E-state index contributed by atoms with van der Waals surface area (Å²) in [7, 11) is 0. The second-order valence-electron chi connectivity index (χ2n) is 7.08. The molecule has 5 heteroatoms. The number of carbonyl (C=O) groups excluding carboxylic acids is 1. The number of nitrogens with zero attached hydrogens (tertiary/aromatic N) is 1. The molecule has 2 aromatic rings. The van der Waals surface area contributed by atoms with Gasteiger partial charge < -0.3 is 20.7 Å². The molecule has 138 valence electrons. The molecule has 3 rings (SSSR count). The highest BCUT2D eigenvalue weighted by atomic mass is 16.5. The van der Waals surface area contributed by atoms with Crippen molar-refractivity contribution in [2.75, 3.05) is 29.0 Å². The van der Waals surface area contributed by atoms with Crippen molar-refractivity contribution in [1.82, 2.24) is 0 Å². The van der Waals surface area contributed by atoms with Crippen LogP contribution in [-0.4, -0.2) is 25.1 Å². The molecule has 0 aliphatic carbocycles. The quantitative estimate of drug-likeness (QED) is 0.820. The van der Waals surface area contributed by atoms with Crippen LogP contribution in [0.2, 0.25) is 0 Å². The Labute approximate surface area is 155 Å². The van der Waals surface area contributed by atoms with Gasteiger partial charge in [-0.25, -0.2) is 0 Å². The van der Waals surface area contributed by atoms with Crippen LogP contribution in [-0.2, 0) is 4.79 Å². The lowest BCUT2D eigenvalue weighted by atomic mass is 10.1. The Kier molecular flexibility index (Phi) is 5.07. The van der Waals surface area contributed by atoms with Crippen LogP contribution in [0.3, 0.4) is 0 Å². The van der Waals surface area contributed by atoms with E-state index in [-0.39, 0.29) is 18.6 Å². The van der Waals surface area contributed by atoms with Crippen LogP contribution < -0.4 is 20.7 Å². The van der Waals surface area contributed by atoms with Crippen molar-refractivity contribution in [3.63, 3.8) is 0 Å². The Hall–Kier alpha value is -2.69. The summed E-state index contributed by atoms with van der Waals surface area (Å²) >= 11 is 0. The molecule has 1 atom stereocenters. The number of anilines is 3. The zero-order valence-corrected chi connectivity index (χ0v) is 15.9. The number of amides is 1. The zero-order valence-electron chi connectivity index (χ0n) is 15.9. The predicted molar refractivity (Wildman–Crippen MR) is 107 cm³/mol. The largest absolute Gasteiger partial charge is 0.486 e. The number of ether oxygens (including phenoxy) is 1. The lowest BCUT2D eigenvalue weighted by Gasteiger charge is -2.35. The third-order valence-corrected chi connectivity index (χ3v) is 4.77. The lowest BCUT2D eigenvalue weighted by molar-refractivity contribution is -0.115. The van der Waals surface area contributed by atoms with Crippen molar-refractivity contribution in [2.45, 2.75) is 40.2 Å². The SMILES string of the molecule is CCC1CN(CC(=O)Nc2c(C)cc(C)cc2C)c2cc(N)ccc2O1. The van der Waals surface area contributed by atoms with Crippen LogP contribution in [0.5, 0.6) is 5.75 Å². The van der Waals surface area contributed by atoms with Gasteiger partial charge in [0.25, 0.3) is 0 Å². The summed E-state index contributed by atoms with van der Waals surface area (Å²) in [5.74, 6) is 0.748. The summed E-state index contributed by atoms with van der Waals surface area (Å²) in [5.41, 5.74) is 11.7. The molecule has 0 bridgehead atoms. The van der Waals surface area contributed by atoms with E-state index in [0.29, 0.717) is 12.2 Å². The summed E-state index contributed by atoms with van der Waals surface area (Å²) in [6.07, 6.45) is 0.958. The number of aryl methyl sites for hydroxylation is 3. The first-order valence-electron chi connectivity index (χ1n) is 9.06. The first-order valence-corrected chi connectivity index (χ1v) is 9.06. The van der Waals surface area contributed by atoms with E-state index in [2.05, 4.69) is 36.2 Å². The van der Waals surface area contributed by atoms with Crippen LogP contribution in [0.1, 0.15) is 30.0 Å². The fourth-order valence-electron chi connectivity index (χ4n) is 3.53. The Balaban J connectivity index is 1.80. The molecule has 0 spiro atoms. The van der Waals surface area contributed by atoms with E-state index in [1.807, 2.05) is 32.0 Å². The van der Waals surface area contributed by atoms with Gasteiger partial charge in [-0.1, -0.05) is 24.6 Å². The fourth-order valence-corrected chi connectivity index (χ4v) is 3.53. The van der Waals surface area contributed by atoms with Crippen molar-refractivity contribution in [1.29, 1.82) is 0 Å². The minimum Gasteiger partial charge on any atom is -0.486 e. The van der Waals surface area contributed by atoms with Crippen LogP contribution in [0.25, 0.3) is 0 Å². The van der Waals surface area contributed by atoms with Gasteiger partial charge in [-0.3, -0.25) is 4.79 Å². The molecule has 1 heterocycles. The molecule has 26 heavy (non-hydrogen) atoms. The third kappa shape index (κ3) is 3.77. The topological polar surface area (TPSA) is 67.6 Å². The van der Waals surface area contributed by atoms with Crippen LogP contribution in [0.4, 0.5) is 17.1 Å². The minimum atomic E-state index is -0.0369. The van der Waals surface area contributed by atoms with E-state index in [1.54, 1.807) is 0 Å². The van der Waals surface area contributed by atoms with Crippen LogP contribution in [0.15, 0.2) is 30.3 Å². The van der Waals surface area contributed by atoms with Gasteiger partial charge in [-0.2, -0.15) is 0 Å². The molecule has 3 N–H and O–H groups in total. The average Bonchev–Trinajstić information content (AvgIpc) is 2.58. The number of nitrogen functional groups attached to an aromatic ring is 1. The molecule has 2 aromatic carbocycles. The first-order chi connectivity index (χ1) is 12.4. The van der Waals surface area contributed by atoms with E-state index < -0.39 is 0 Å². The van der Waals surface area contributed by atoms with Crippen molar-refractivity contribution in [2.24, 2.45) is 0 Å². The molecule has 0 fully saturated rings. The molecule has 0 saturated heterocycles. The van der Waals surface area contributed by atoms with Gasteiger partial charge in [0.2, 0.25) is 5.91 Å². The van der Waals surface area contributed by atoms with Crippen molar-refractivity contribution in [3.05, 3.63) is 47.0 Å². The zero-order chi connectivity index (χ0) is 18.8. The molecule has 1 aliphatic rings. The molecule has 1 aliphatic heterocycles. The maximum atomic E-state index is 12.7. The van der Waals surface area contributed by atoms with E-state index in [0.717, 1.165) is 34.7 Å². The van der Waals surface area contributed by atoms with Crippen LogP contribution in [0, 0.1) is 20.8 Å². The van der Waals surface area contributed by atoms with Gasteiger partial charge in [0.1, 0.15) is 11.9 Å². The molecule has 0 radical (unpaired) electrons. The highest BCUT2D eigenvalue weighted by molar-refractivity contribution is 5.96. The number of rotatable bonds is 4. The number of nitrogens with two attached hydrogens (primary N) is 1. The Bertz CT molecular complexity index is 809. The molecule has 1 amide bonds. The van der Waals surface area contributed by atoms with Crippen molar-refractivity contribution in [3.8, 4) is 5.75 Å². The molecule has 5 nitrogen and oxygen atoms in total. The Morgan fingerprint density at radius 3 is 2.58 bits per heavy atom. The molecular weight excluding hydrogens is 326 g/mol. The van der Waals surface area contributed by atoms with E-state index in [4.69, 9.17) is 10.5 Å². The summed E-state index contributed by atoms with van der Waals surface area (Å²) in [6, 6.07) is 9.75. The van der Waals surface area contributed by atoms with Crippen molar-refractivity contribution >= 4 is 23.0 Å². The number of benzene rings is 2. The molecule has 0 aromatic heterocycles. The Morgan fingerprint density at radius 1 is 1.23 bits per heavy atom. The summed E-state index contributed by atoms with van der Waals surface area (Å²) in [5, 5.41) is 3.08. The number of nitrogens with one attached hydrogen (secondary N) is 1. The highest BCUT2D eigenvalue weighted by Gasteiger charge is 2.26. The van der Waals surface area contributed by atoms with Gasteiger partial charge in [0.05, 0.1) is 18.8 Å². The standard InChI is InChI=1S/C21H27N3O2/c1-5-17-11-24(18-10-16(22)6-7-19(18)26-17)12-20(25)23-21-14(3)8-13(2)9-15(21)4/h6-10,17H,5,11-12,22H2,1-4H3,(H,23,25). The number of hydrogen-bond donors (Lipinski definition) is 2. The van der Waals surface area contributed by atoms with E-state index >= 15 is 0 Å². The van der Waals surface area contributed by atoms with Gasteiger partial charge in [0.15, 0.2) is 0 Å². The highest BCUT2D eigenvalue weighted by Crippen LogP contribution is 2.35. The van der Waals surface area contributed by atoms with Crippen molar-refractivity contribution < 1.29 is 9.53 Å². The van der Waals surface area contributed by atoms with E-state index in [9.17, 15) is 4.79 Å². The summed E-state index contributed by atoms with van der Waals surface area (Å²) in [4.78, 5) is 14.8. The van der Waals surface area contributed by atoms with Gasteiger partial charge >= 0.3 is 0 Å². The number of carbonyl (C=O) groups is 1. The monoisotopic (exact) mass is 353 g/mol. The summed E-state index contributed by atoms with van der Waals surface area (Å²) < 4.78 is 5.99. The normalized spacial score (nSPS) is 16.0. The maximum absolute atomic E-state index is 12.7. The predicted octanol–water partition coefficient (Wildman–Crippen LogP) is 3.81. The first kappa shape index (κ1) is 18.1. The maximum Gasteiger partial charge on any atom is 0.243 e. The Morgan fingerprint density at radius 2 is 1.92 bits per heavy atom. The fraction of sp³-hybridized carbons (Fsp3) is 0.381. The number of hydrogen-bond acceptors (Lipinski definition) is 4. The van der Waals surface area contributed by atoms with Gasteiger partial charge in [-0.05, 0) is 56.5 Å². The van der Waals surface area contributed by atoms with E-state index in [1.165, 1.54) is 5.56 Å². The second kappa shape index (κ2) is 7.28. The molecule has 1 unspecified atom stereocenters. The van der Waals surface area contributed by atoms with Gasteiger partial charge in [0, 0.05) is 11.4 Å². The second-order valence-corrected chi connectivity index (χ2v) is 7.08. The summed E-state index contributed by atoms with van der Waals surface area (Å²) in [6.45, 7) is 9.13. The lowest BCUT2D eigenvalue weighted by Crippen LogP contribution is -2.43. The van der Waals surface area contributed by atoms with Crippen LogP contribution >= 0.6 is 0 Å². The average molecular weight is 353 g/mol. The number of fused-ring (bicyclic) bond motifs is 1. The smallest absolute Gasteiger partial charge is 0.243 e. The molecule has 0 saturated carbocycles. The van der Waals surface area contributed by atoms with Gasteiger partial charge in [-0.15, -0.1) is 0 Å². The third-order valence-electron chi connectivity index (χ3n) is 4.77. The molecular formula is C21H27N3O2.